The average Bonchev–Trinajstić information content (AvgIpc) is 2.68. The molecule has 0 aliphatic carbocycles. The van der Waals surface area contributed by atoms with E-state index in [0.717, 1.165) is 42.1 Å². The van der Waals surface area contributed by atoms with Crippen LogP contribution in [0.1, 0.15) is 25.3 Å². The minimum Gasteiger partial charge on any atom is -0.494 e. The van der Waals surface area contributed by atoms with E-state index in [2.05, 4.69) is 27.5 Å². The van der Waals surface area contributed by atoms with E-state index in [9.17, 15) is 0 Å². The molecule has 0 spiro atoms. The van der Waals surface area contributed by atoms with Crippen molar-refractivity contribution in [2.75, 3.05) is 23.0 Å². The summed E-state index contributed by atoms with van der Waals surface area (Å²) in [6.07, 6.45) is 3.62. The molecule has 0 radical (unpaired) electrons. The summed E-state index contributed by atoms with van der Waals surface area (Å²) in [5.74, 6) is 1.90. The highest BCUT2D eigenvalue weighted by Gasteiger charge is 2.10. The summed E-state index contributed by atoms with van der Waals surface area (Å²) in [5, 5.41) is 7.14. The molecule has 0 atom stereocenters. The van der Waals surface area contributed by atoms with Gasteiger partial charge in [-0.05, 0) is 61.4 Å². The van der Waals surface area contributed by atoms with Gasteiger partial charge in [0, 0.05) is 16.4 Å². The Hall–Kier alpha value is -2.99. The van der Waals surface area contributed by atoms with E-state index >= 15 is 0 Å². The van der Waals surface area contributed by atoms with Gasteiger partial charge in [0.2, 0.25) is 0 Å². The number of hydrogen-bond acceptors (Lipinski definition) is 6. The van der Waals surface area contributed by atoms with Crippen LogP contribution in [0.2, 0.25) is 5.02 Å². The van der Waals surface area contributed by atoms with E-state index in [1.165, 1.54) is 6.33 Å². The molecule has 0 aliphatic rings. The van der Waals surface area contributed by atoms with Gasteiger partial charge >= 0.3 is 0 Å². The third kappa shape index (κ3) is 5.04. The van der Waals surface area contributed by atoms with Gasteiger partial charge in [-0.2, -0.15) is 0 Å². The Morgan fingerprint density at radius 2 is 1.75 bits per heavy atom. The number of anilines is 5. The molecule has 7 heteroatoms. The fourth-order valence-electron chi connectivity index (χ4n) is 2.60. The third-order valence-electron chi connectivity index (χ3n) is 4.21. The van der Waals surface area contributed by atoms with Crippen LogP contribution in [0.5, 0.6) is 5.75 Å². The van der Waals surface area contributed by atoms with Crippen LogP contribution >= 0.6 is 11.6 Å². The van der Waals surface area contributed by atoms with Crippen LogP contribution in [0.25, 0.3) is 0 Å². The highest BCUT2D eigenvalue weighted by atomic mass is 35.5. The number of ether oxygens (including phenoxy) is 1. The molecule has 0 saturated carbocycles. The molecule has 0 bridgehead atoms. The highest BCUT2D eigenvalue weighted by Crippen LogP contribution is 2.30. The number of aryl methyl sites for hydroxylation is 1. The summed E-state index contributed by atoms with van der Waals surface area (Å²) in [6, 6.07) is 13.3. The predicted molar refractivity (Wildman–Crippen MR) is 116 cm³/mol. The van der Waals surface area contributed by atoms with Gasteiger partial charge in [0.25, 0.3) is 0 Å². The predicted octanol–water partition coefficient (Wildman–Crippen LogP) is 5.69. The number of nitrogens with one attached hydrogen (secondary N) is 2. The van der Waals surface area contributed by atoms with Crippen molar-refractivity contribution < 1.29 is 4.74 Å². The molecule has 2 aromatic carbocycles. The number of nitrogens with two attached hydrogens (primary N) is 1. The quantitative estimate of drug-likeness (QED) is 0.423. The second-order valence-electron chi connectivity index (χ2n) is 6.42. The van der Waals surface area contributed by atoms with Crippen molar-refractivity contribution in [1.82, 2.24) is 9.97 Å². The first-order chi connectivity index (χ1) is 13.6. The largest absolute Gasteiger partial charge is 0.494 e. The Bertz CT molecular complexity index is 931. The van der Waals surface area contributed by atoms with Crippen LogP contribution in [0.4, 0.5) is 28.7 Å². The molecule has 4 N–H and O–H groups in total. The van der Waals surface area contributed by atoms with Gasteiger partial charge in [0.15, 0.2) is 11.6 Å². The summed E-state index contributed by atoms with van der Waals surface area (Å²) in [4.78, 5) is 8.51. The number of rotatable bonds is 8. The number of aromatic nitrogens is 2. The van der Waals surface area contributed by atoms with Crippen LogP contribution in [0.15, 0.2) is 48.8 Å². The summed E-state index contributed by atoms with van der Waals surface area (Å²) >= 11 is 6.02. The van der Waals surface area contributed by atoms with E-state index in [1.54, 1.807) is 0 Å². The van der Waals surface area contributed by atoms with Crippen molar-refractivity contribution in [2.45, 2.75) is 26.7 Å². The van der Waals surface area contributed by atoms with E-state index < -0.39 is 0 Å². The van der Waals surface area contributed by atoms with Gasteiger partial charge in [-0.1, -0.05) is 24.9 Å². The molecule has 1 heterocycles. The van der Waals surface area contributed by atoms with Gasteiger partial charge in [0.1, 0.15) is 17.8 Å². The van der Waals surface area contributed by atoms with Gasteiger partial charge in [-0.15, -0.1) is 0 Å². The van der Waals surface area contributed by atoms with Crippen molar-refractivity contribution in [3.05, 3.63) is 59.4 Å². The van der Waals surface area contributed by atoms with E-state index in [4.69, 9.17) is 22.1 Å². The van der Waals surface area contributed by atoms with Crippen LogP contribution < -0.4 is 21.1 Å². The van der Waals surface area contributed by atoms with Crippen molar-refractivity contribution in [2.24, 2.45) is 0 Å². The topological polar surface area (TPSA) is 85.1 Å². The van der Waals surface area contributed by atoms with Crippen LogP contribution in [0.3, 0.4) is 0 Å². The molecular formula is C21H24ClN5O. The average molecular weight is 398 g/mol. The number of benzene rings is 2. The first-order valence-corrected chi connectivity index (χ1v) is 9.58. The first kappa shape index (κ1) is 19.8. The third-order valence-corrected chi connectivity index (χ3v) is 4.44. The lowest BCUT2D eigenvalue weighted by Gasteiger charge is -2.14. The standard InChI is InChI=1S/C21H24ClN5O/c1-3-4-11-28-17-8-6-16(7-9-17)26-20-19(23)21(25-13-24-20)27-18-10-5-15(22)12-14(18)2/h5-10,12-13H,3-4,11,23H2,1-2H3,(H2,24,25,26,27). The van der Waals surface area contributed by atoms with Gasteiger partial charge in [-0.25, -0.2) is 9.97 Å². The van der Waals surface area contributed by atoms with Crippen LogP contribution in [-0.4, -0.2) is 16.6 Å². The monoisotopic (exact) mass is 397 g/mol. The minimum absolute atomic E-state index is 0.431. The van der Waals surface area contributed by atoms with E-state index in [1.807, 2.05) is 49.4 Å². The van der Waals surface area contributed by atoms with E-state index in [-0.39, 0.29) is 0 Å². The van der Waals surface area contributed by atoms with Crippen LogP contribution in [0, 0.1) is 6.92 Å². The lowest BCUT2D eigenvalue weighted by Crippen LogP contribution is -2.05. The second kappa shape index (κ2) is 9.28. The molecule has 0 saturated heterocycles. The maximum atomic E-state index is 6.27. The molecule has 0 fully saturated rings. The zero-order chi connectivity index (χ0) is 19.9. The molecule has 3 rings (SSSR count). The number of nitrogens with zero attached hydrogens (tertiary/aromatic N) is 2. The molecule has 28 heavy (non-hydrogen) atoms. The molecule has 146 valence electrons. The van der Waals surface area contributed by atoms with Gasteiger partial charge < -0.3 is 21.1 Å². The molecule has 6 nitrogen and oxygen atoms in total. The van der Waals surface area contributed by atoms with Crippen molar-refractivity contribution in [1.29, 1.82) is 0 Å². The number of nitrogen functional groups attached to an aromatic ring is 1. The maximum absolute atomic E-state index is 6.27. The number of hydrogen-bond donors (Lipinski definition) is 3. The molecule has 0 aliphatic heterocycles. The molecule has 3 aromatic rings. The molecular weight excluding hydrogens is 374 g/mol. The summed E-state index contributed by atoms with van der Waals surface area (Å²) in [5.41, 5.74) is 9.45. The van der Waals surface area contributed by atoms with Crippen LogP contribution in [-0.2, 0) is 0 Å². The highest BCUT2D eigenvalue weighted by molar-refractivity contribution is 6.30. The second-order valence-corrected chi connectivity index (χ2v) is 6.86. The number of halogens is 1. The van der Waals surface area contributed by atoms with E-state index in [0.29, 0.717) is 22.3 Å². The zero-order valence-corrected chi connectivity index (χ0v) is 16.8. The van der Waals surface area contributed by atoms with Crippen molar-refractivity contribution in [3.63, 3.8) is 0 Å². The normalized spacial score (nSPS) is 10.5. The maximum Gasteiger partial charge on any atom is 0.159 e. The minimum atomic E-state index is 0.431. The summed E-state index contributed by atoms with van der Waals surface area (Å²) < 4.78 is 5.68. The van der Waals surface area contributed by atoms with Gasteiger partial charge in [-0.3, -0.25) is 0 Å². The van der Waals surface area contributed by atoms with Gasteiger partial charge in [0.05, 0.1) is 6.61 Å². The Morgan fingerprint density at radius 1 is 1.04 bits per heavy atom. The summed E-state index contributed by atoms with van der Waals surface area (Å²) in [6.45, 7) is 4.83. The molecule has 1 aromatic heterocycles. The Kier molecular flexibility index (Phi) is 6.55. The smallest absolute Gasteiger partial charge is 0.159 e. The zero-order valence-electron chi connectivity index (χ0n) is 16.0. The molecule has 0 unspecified atom stereocenters. The Labute approximate surface area is 170 Å². The molecule has 0 amide bonds. The fourth-order valence-corrected chi connectivity index (χ4v) is 2.82. The lowest BCUT2D eigenvalue weighted by molar-refractivity contribution is 0.309. The van der Waals surface area contributed by atoms with Crippen molar-refractivity contribution >= 4 is 40.3 Å². The lowest BCUT2D eigenvalue weighted by atomic mass is 10.2. The Balaban J connectivity index is 1.72. The summed E-state index contributed by atoms with van der Waals surface area (Å²) in [7, 11) is 0. The first-order valence-electron chi connectivity index (χ1n) is 9.20. The van der Waals surface area contributed by atoms with Crippen molar-refractivity contribution in [3.8, 4) is 5.75 Å². The Morgan fingerprint density at radius 3 is 2.43 bits per heavy atom. The fraction of sp³-hybridized carbons (Fsp3) is 0.238. The number of unbranched alkanes of at least 4 members (excludes halogenated alkanes) is 1. The SMILES string of the molecule is CCCCOc1ccc(Nc2ncnc(Nc3ccc(Cl)cc3C)c2N)cc1.